The number of carbonyl (C=O) groups excluding carboxylic acids is 1. The molecule has 3 N–H and O–H groups in total. The van der Waals surface area contributed by atoms with Crippen LogP contribution in [0.4, 0.5) is 5.69 Å². The van der Waals surface area contributed by atoms with Crippen LogP contribution in [-0.2, 0) is 0 Å². The minimum absolute atomic E-state index is 0.0866. The van der Waals surface area contributed by atoms with Gasteiger partial charge in [0, 0.05) is 40.2 Å². The molecule has 1 saturated heterocycles. The lowest BCUT2D eigenvalue weighted by Gasteiger charge is -2.39. The second kappa shape index (κ2) is 11.7. The molecule has 0 spiro atoms. The molecule has 4 aromatic carbocycles. The Morgan fingerprint density at radius 3 is 2.62 bits per heavy atom. The molecule has 1 amide bonds. The molecule has 42 heavy (non-hydrogen) atoms. The van der Waals surface area contributed by atoms with Crippen LogP contribution in [0.1, 0.15) is 46.3 Å². The quantitative estimate of drug-likeness (QED) is 0.208. The van der Waals surface area contributed by atoms with Gasteiger partial charge >= 0.3 is 0 Å². The third-order valence-electron chi connectivity index (χ3n) is 8.07. The predicted molar refractivity (Wildman–Crippen MR) is 168 cm³/mol. The number of amides is 1. The van der Waals surface area contributed by atoms with E-state index in [9.17, 15) is 4.79 Å². The Kier molecular flexibility index (Phi) is 7.63. The van der Waals surface area contributed by atoms with Gasteiger partial charge in [-0.2, -0.15) is 0 Å². The van der Waals surface area contributed by atoms with Gasteiger partial charge in [0.25, 0.3) is 5.91 Å². The number of hydrogen-bond acceptors (Lipinski definition) is 6. The highest BCUT2D eigenvalue weighted by Crippen LogP contribution is 2.42. The fourth-order valence-electron chi connectivity index (χ4n) is 6.01. The molecule has 2 atom stereocenters. The molecule has 2 aliphatic rings. The van der Waals surface area contributed by atoms with E-state index in [1.807, 2.05) is 67.6 Å². The van der Waals surface area contributed by atoms with Gasteiger partial charge in [0.2, 0.25) is 0 Å². The monoisotopic (exact) mass is 561 g/mol. The number of benzene rings is 4. The van der Waals surface area contributed by atoms with E-state index in [4.69, 9.17) is 19.9 Å². The smallest absolute Gasteiger partial charge is 0.257 e. The summed E-state index contributed by atoms with van der Waals surface area (Å²) in [5, 5.41) is 16.1. The normalized spacial score (nSPS) is 17.9. The van der Waals surface area contributed by atoms with Crippen LogP contribution in [0.25, 0.3) is 10.8 Å². The molecule has 8 nitrogen and oxygen atoms in total. The standard InChI is InChI=1S/C34H35N5O3/c1-4-42-31-18-25-26(19-30(31)41-3)32(36-29-16-17-39(2)20-27(25)29)22-12-14-23(15-13-22)33(40)38-34(35)37-28-11-7-9-21-8-5-6-10-24(21)28/h5-15,18-19,27,29H,4,16-17,20H2,1-3H3,(H3,35,37,38,40)/t27-,29-/m1/s1. The largest absolute Gasteiger partial charge is 0.493 e. The third kappa shape index (κ3) is 5.33. The maximum absolute atomic E-state index is 13.0. The topological polar surface area (TPSA) is 99.0 Å². The fraction of sp³-hybridized carbons (Fsp3) is 0.265. The van der Waals surface area contributed by atoms with Gasteiger partial charge in [0.1, 0.15) is 0 Å². The average Bonchev–Trinajstić information content (AvgIpc) is 3.01. The Bertz CT molecular complexity index is 1680. The van der Waals surface area contributed by atoms with Crippen molar-refractivity contribution in [2.75, 3.05) is 39.2 Å². The molecule has 214 valence electrons. The number of piperidine rings is 1. The molecular formula is C34H35N5O3. The molecule has 1 fully saturated rings. The fourth-order valence-corrected chi connectivity index (χ4v) is 6.01. The van der Waals surface area contributed by atoms with Crippen molar-refractivity contribution in [2.45, 2.75) is 25.3 Å². The summed E-state index contributed by atoms with van der Waals surface area (Å²) in [6.45, 7) is 4.47. The number of aliphatic imine (C=N–C) groups is 1. The minimum Gasteiger partial charge on any atom is -0.493 e. The van der Waals surface area contributed by atoms with Crippen LogP contribution in [0.3, 0.4) is 0 Å². The summed E-state index contributed by atoms with van der Waals surface area (Å²) in [6.07, 6.45) is 0.979. The zero-order chi connectivity index (χ0) is 29.2. The number of guanidine groups is 1. The molecule has 0 bridgehead atoms. The van der Waals surface area contributed by atoms with Crippen molar-refractivity contribution in [3.05, 3.63) is 101 Å². The molecule has 2 heterocycles. The summed E-state index contributed by atoms with van der Waals surface area (Å²) in [4.78, 5) is 20.6. The lowest BCUT2D eigenvalue weighted by molar-refractivity contribution is 0.0977. The van der Waals surface area contributed by atoms with E-state index < -0.39 is 0 Å². The van der Waals surface area contributed by atoms with Crippen LogP contribution in [-0.4, -0.2) is 62.4 Å². The van der Waals surface area contributed by atoms with E-state index in [-0.39, 0.29) is 23.8 Å². The number of likely N-dealkylation sites (tertiary alicyclic amines) is 1. The number of nitrogens with zero attached hydrogens (tertiary/aromatic N) is 2. The van der Waals surface area contributed by atoms with Gasteiger partial charge < -0.3 is 19.7 Å². The van der Waals surface area contributed by atoms with Gasteiger partial charge in [-0.15, -0.1) is 0 Å². The van der Waals surface area contributed by atoms with Gasteiger partial charge in [-0.1, -0.05) is 48.5 Å². The first kappa shape index (κ1) is 27.5. The van der Waals surface area contributed by atoms with Crippen LogP contribution < -0.4 is 20.1 Å². The van der Waals surface area contributed by atoms with Crippen molar-refractivity contribution >= 4 is 34.0 Å². The van der Waals surface area contributed by atoms with Gasteiger partial charge in [0.05, 0.1) is 25.5 Å². The number of likely N-dealkylation sites (N-methyl/N-ethyl adjacent to an activating group) is 1. The second-order valence-electron chi connectivity index (χ2n) is 10.8. The van der Waals surface area contributed by atoms with Crippen LogP contribution in [0.5, 0.6) is 11.5 Å². The van der Waals surface area contributed by atoms with Crippen molar-refractivity contribution in [1.82, 2.24) is 10.2 Å². The summed E-state index contributed by atoms with van der Waals surface area (Å²) in [6, 6.07) is 25.5. The van der Waals surface area contributed by atoms with E-state index in [0.717, 1.165) is 58.6 Å². The highest BCUT2D eigenvalue weighted by atomic mass is 16.5. The summed E-state index contributed by atoms with van der Waals surface area (Å²) in [5.41, 5.74) is 5.30. The van der Waals surface area contributed by atoms with E-state index in [2.05, 4.69) is 28.6 Å². The predicted octanol–water partition coefficient (Wildman–Crippen LogP) is 5.66. The highest BCUT2D eigenvalue weighted by Gasteiger charge is 2.36. The highest BCUT2D eigenvalue weighted by molar-refractivity contribution is 6.16. The molecule has 0 unspecified atom stereocenters. The lowest BCUT2D eigenvalue weighted by Crippen LogP contribution is -2.41. The number of anilines is 1. The van der Waals surface area contributed by atoms with Gasteiger partial charge in [-0.3, -0.25) is 20.5 Å². The first-order valence-electron chi connectivity index (χ1n) is 14.3. The van der Waals surface area contributed by atoms with Gasteiger partial charge in [0.15, 0.2) is 17.5 Å². The maximum Gasteiger partial charge on any atom is 0.257 e. The van der Waals surface area contributed by atoms with Gasteiger partial charge in [-0.25, -0.2) is 0 Å². The molecule has 0 radical (unpaired) electrons. The molecule has 0 aromatic heterocycles. The first-order chi connectivity index (χ1) is 20.4. The number of methoxy groups -OCH3 is 1. The zero-order valence-electron chi connectivity index (χ0n) is 24.1. The number of rotatable bonds is 6. The second-order valence-corrected chi connectivity index (χ2v) is 10.8. The number of nitrogens with one attached hydrogen (secondary N) is 3. The Labute approximate surface area is 245 Å². The van der Waals surface area contributed by atoms with Crippen molar-refractivity contribution in [3.8, 4) is 11.5 Å². The zero-order valence-corrected chi connectivity index (χ0v) is 24.1. The van der Waals surface area contributed by atoms with Crippen LogP contribution in [0, 0.1) is 5.41 Å². The number of ether oxygens (including phenoxy) is 2. The first-order valence-corrected chi connectivity index (χ1v) is 14.3. The van der Waals surface area contributed by atoms with Crippen LogP contribution in [0.2, 0.25) is 0 Å². The molecule has 4 aromatic rings. The summed E-state index contributed by atoms with van der Waals surface area (Å²) < 4.78 is 11.6. The van der Waals surface area contributed by atoms with E-state index in [0.29, 0.717) is 17.9 Å². The molecule has 0 aliphatic carbocycles. The molecule has 2 aliphatic heterocycles. The number of fused-ring (bicyclic) bond motifs is 4. The van der Waals surface area contributed by atoms with Crippen molar-refractivity contribution in [1.29, 1.82) is 5.41 Å². The molecule has 0 saturated carbocycles. The van der Waals surface area contributed by atoms with Crippen LogP contribution >= 0.6 is 0 Å². The van der Waals surface area contributed by atoms with Gasteiger partial charge in [-0.05, 0) is 68.2 Å². The summed E-state index contributed by atoms with van der Waals surface area (Å²) >= 11 is 0. The van der Waals surface area contributed by atoms with Crippen molar-refractivity contribution < 1.29 is 14.3 Å². The summed E-state index contributed by atoms with van der Waals surface area (Å²) in [5.74, 6) is 1.26. The lowest BCUT2D eigenvalue weighted by atomic mass is 9.79. The Morgan fingerprint density at radius 1 is 1.05 bits per heavy atom. The number of hydrogen-bond donors (Lipinski definition) is 3. The van der Waals surface area contributed by atoms with E-state index in [1.54, 1.807) is 19.2 Å². The van der Waals surface area contributed by atoms with Crippen molar-refractivity contribution in [2.24, 2.45) is 4.99 Å². The molecular weight excluding hydrogens is 526 g/mol. The Hall–Kier alpha value is -4.69. The Morgan fingerprint density at radius 2 is 1.83 bits per heavy atom. The van der Waals surface area contributed by atoms with E-state index >= 15 is 0 Å². The Balaban J connectivity index is 1.24. The minimum atomic E-state index is -0.358. The SMILES string of the molecule is CCOc1cc2c(cc1OC)C(c1ccc(C(=O)NC(=N)Nc3cccc4ccccc34)cc1)=N[C@@H]1CCN(C)C[C@H]21. The average molecular weight is 562 g/mol. The van der Waals surface area contributed by atoms with Crippen molar-refractivity contribution in [3.63, 3.8) is 0 Å². The summed E-state index contributed by atoms with van der Waals surface area (Å²) in [7, 11) is 3.81. The molecule has 6 rings (SSSR count). The third-order valence-corrected chi connectivity index (χ3v) is 8.07. The van der Waals surface area contributed by atoms with Crippen LogP contribution in [0.15, 0.2) is 83.9 Å². The van der Waals surface area contributed by atoms with E-state index in [1.165, 1.54) is 5.56 Å². The number of carbonyl (C=O) groups is 1. The molecule has 8 heteroatoms. The maximum atomic E-state index is 13.0.